The first-order valence-corrected chi connectivity index (χ1v) is 10.2. The van der Waals surface area contributed by atoms with E-state index in [0.717, 1.165) is 0 Å². The van der Waals surface area contributed by atoms with Gasteiger partial charge in [0.25, 0.3) is 0 Å². The molecular formula is C21H44O12. The van der Waals surface area contributed by atoms with Crippen LogP contribution in [0.1, 0.15) is 55.4 Å². The Bertz CT molecular complexity index is 420. The van der Waals surface area contributed by atoms with E-state index >= 15 is 0 Å². The molecule has 0 rings (SSSR count). The van der Waals surface area contributed by atoms with Crippen LogP contribution in [0.5, 0.6) is 0 Å². The Labute approximate surface area is 195 Å². The van der Waals surface area contributed by atoms with Gasteiger partial charge in [-0.05, 0) is 0 Å². The Hall–Kier alpha value is -2.28. The SMILES string of the molecule is CC(C)C(=O)O.CC(C)C(=O)O.CC(C)C(=O)O.CC(C)C(=O)O.OCC(CO)(CO)CO. The third-order valence-electron chi connectivity index (χ3n) is 3.32. The van der Waals surface area contributed by atoms with E-state index in [2.05, 4.69) is 0 Å². The van der Waals surface area contributed by atoms with Crippen molar-refractivity contribution in [3.63, 3.8) is 0 Å². The molecule has 0 saturated carbocycles. The lowest BCUT2D eigenvalue weighted by Gasteiger charge is -2.23. The maximum Gasteiger partial charge on any atom is 0.305 e. The highest BCUT2D eigenvalue weighted by Gasteiger charge is 2.26. The number of carboxylic acids is 4. The van der Waals surface area contributed by atoms with Gasteiger partial charge in [0.05, 0.1) is 55.5 Å². The van der Waals surface area contributed by atoms with Crippen molar-refractivity contribution in [2.75, 3.05) is 26.4 Å². The minimum atomic E-state index is -1.11. The van der Waals surface area contributed by atoms with E-state index in [4.69, 9.17) is 40.9 Å². The van der Waals surface area contributed by atoms with Crippen LogP contribution in [0.4, 0.5) is 0 Å². The van der Waals surface area contributed by atoms with Gasteiger partial charge in [0.1, 0.15) is 0 Å². The normalized spacial score (nSPS) is 9.94. The van der Waals surface area contributed by atoms with Gasteiger partial charge in [0, 0.05) is 0 Å². The summed E-state index contributed by atoms with van der Waals surface area (Å²) in [6.45, 7) is 11.5. The number of aliphatic hydroxyl groups excluding tert-OH is 4. The summed E-state index contributed by atoms with van der Waals surface area (Å²) in [4.78, 5) is 38.8. The minimum Gasteiger partial charge on any atom is -0.481 e. The number of carbonyl (C=O) groups is 4. The predicted octanol–water partition coefficient (Wildman–Crippen LogP) is 0.850. The zero-order chi connectivity index (χ0) is 27.9. The van der Waals surface area contributed by atoms with Crippen molar-refractivity contribution in [2.45, 2.75) is 55.4 Å². The molecular weight excluding hydrogens is 444 g/mol. The van der Waals surface area contributed by atoms with E-state index in [9.17, 15) is 19.2 Å². The van der Waals surface area contributed by atoms with Crippen LogP contribution in [-0.2, 0) is 19.2 Å². The molecule has 0 heterocycles. The Balaban J connectivity index is -0.000000100. The van der Waals surface area contributed by atoms with E-state index in [1.54, 1.807) is 55.4 Å². The maximum absolute atomic E-state index is 9.70. The summed E-state index contributed by atoms with van der Waals surface area (Å²) in [6, 6.07) is 0. The van der Waals surface area contributed by atoms with Gasteiger partial charge in [0.15, 0.2) is 0 Å². The smallest absolute Gasteiger partial charge is 0.305 e. The third-order valence-corrected chi connectivity index (χ3v) is 3.32. The van der Waals surface area contributed by atoms with Gasteiger partial charge in [-0.25, -0.2) is 0 Å². The van der Waals surface area contributed by atoms with Crippen molar-refractivity contribution in [3.05, 3.63) is 0 Å². The molecule has 0 atom stereocenters. The molecule has 0 saturated heterocycles. The van der Waals surface area contributed by atoms with Crippen LogP contribution < -0.4 is 0 Å². The Morgan fingerprint density at radius 1 is 0.455 bits per heavy atom. The molecule has 12 nitrogen and oxygen atoms in total. The lowest BCUT2D eigenvalue weighted by Crippen LogP contribution is -2.37. The second kappa shape index (κ2) is 24.4. The molecule has 0 fully saturated rings. The monoisotopic (exact) mass is 488 g/mol. The Morgan fingerprint density at radius 2 is 0.545 bits per heavy atom. The van der Waals surface area contributed by atoms with Crippen molar-refractivity contribution in [2.24, 2.45) is 29.1 Å². The molecule has 0 amide bonds. The molecule has 0 spiro atoms. The fourth-order valence-corrected chi connectivity index (χ4v) is 0.300. The van der Waals surface area contributed by atoms with E-state index in [1.807, 2.05) is 0 Å². The first-order valence-electron chi connectivity index (χ1n) is 10.2. The van der Waals surface area contributed by atoms with E-state index < -0.39 is 55.7 Å². The van der Waals surface area contributed by atoms with E-state index in [-0.39, 0.29) is 23.7 Å². The molecule has 0 aromatic heterocycles. The molecule has 8 N–H and O–H groups in total. The summed E-state index contributed by atoms with van der Waals surface area (Å²) < 4.78 is 0. The first kappa shape index (κ1) is 41.0. The summed E-state index contributed by atoms with van der Waals surface area (Å²) in [5.41, 5.74) is -1.11. The molecule has 0 aromatic rings. The van der Waals surface area contributed by atoms with Crippen molar-refractivity contribution >= 4 is 23.9 Å². The van der Waals surface area contributed by atoms with Crippen molar-refractivity contribution in [1.29, 1.82) is 0 Å². The maximum atomic E-state index is 9.70. The molecule has 33 heavy (non-hydrogen) atoms. The molecule has 200 valence electrons. The van der Waals surface area contributed by atoms with Crippen molar-refractivity contribution in [1.82, 2.24) is 0 Å². The molecule has 0 aromatic carbocycles. The second-order valence-corrected chi connectivity index (χ2v) is 8.10. The topological polar surface area (TPSA) is 230 Å². The molecule has 0 unspecified atom stereocenters. The van der Waals surface area contributed by atoms with Gasteiger partial charge in [-0.1, -0.05) is 55.4 Å². The lowest BCUT2D eigenvalue weighted by atomic mass is 9.93. The third kappa shape index (κ3) is 34.5. The van der Waals surface area contributed by atoms with Crippen molar-refractivity contribution in [3.8, 4) is 0 Å². The average Bonchev–Trinajstić information content (AvgIpc) is 2.71. The molecule has 0 bridgehead atoms. The standard InChI is InChI=1S/C5H12O4.4C4H8O2/c6-1-5(2-7,3-8)4-9;4*1-3(2)4(5)6/h6-9H,1-4H2;4*3H,1-2H3,(H,5,6). The lowest BCUT2D eigenvalue weighted by molar-refractivity contribution is -0.141. The fraction of sp³-hybridized carbons (Fsp3) is 0.810. The highest BCUT2D eigenvalue weighted by atomic mass is 16.4. The van der Waals surface area contributed by atoms with Gasteiger partial charge in [-0.2, -0.15) is 0 Å². The van der Waals surface area contributed by atoms with Crippen LogP contribution in [0.3, 0.4) is 0 Å². The minimum absolute atomic E-state index is 0.231. The van der Waals surface area contributed by atoms with Gasteiger partial charge < -0.3 is 40.9 Å². The van der Waals surface area contributed by atoms with Gasteiger partial charge >= 0.3 is 23.9 Å². The average molecular weight is 489 g/mol. The zero-order valence-corrected chi connectivity index (χ0v) is 20.8. The van der Waals surface area contributed by atoms with Gasteiger partial charge in [-0.15, -0.1) is 0 Å². The van der Waals surface area contributed by atoms with Crippen LogP contribution in [0.25, 0.3) is 0 Å². The summed E-state index contributed by atoms with van der Waals surface area (Å²) in [5, 5.41) is 65.9. The second-order valence-electron chi connectivity index (χ2n) is 8.10. The van der Waals surface area contributed by atoms with Gasteiger partial charge in [0.2, 0.25) is 0 Å². The van der Waals surface area contributed by atoms with Crippen LogP contribution in [0, 0.1) is 29.1 Å². The fourth-order valence-electron chi connectivity index (χ4n) is 0.300. The quantitative estimate of drug-likeness (QED) is 0.238. The number of rotatable bonds is 8. The first-order chi connectivity index (χ1) is 14.8. The predicted molar refractivity (Wildman–Crippen MR) is 121 cm³/mol. The van der Waals surface area contributed by atoms with Gasteiger partial charge in [-0.3, -0.25) is 19.2 Å². The van der Waals surface area contributed by atoms with E-state index in [1.165, 1.54) is 0 Å². The highest BCUT2D eigenvalue weighted by molar-refractivity contribution is 5.69. The Kier molecular flexibility index (Phi) is 30.3. The van der Waals surface area contributed by atoms with Crippen LogP contribution >= 0.6 is 0 Å². The van der Waals surface area contributed by atoms with Crippen LogP contribution in [0.2, 0.25) is 0 Å². The summed E-state index contributed by atoms with van der Waals surface area (Å²) in [7, 11) is 0. The van der Waals surface area contributed by atoms with Crippen LogP contribution in [0.15, 0.2) is 0 Å². The molecule has 0 radical (unpaired) electrons. The summed E-state index contributed by atoms with van der Waals surface area (Å²) in [5.74, 6) is -3.89. The number of aliphatic carboxylic acids is 4. The van der Waals surface area contributed by atoms with Crippen molar-refractivity contribution < 1.29 is 60.0 Å². The summed E-state index contributed by atoms with van der Waals surface area (Å²) in [6.07, 6.45) is 0. The zero-order valence-electron chi connectivity index (χ0n) is 20.8. The van der Waals surface area contributed by atoms with E-state index in [0.29, 0.717) is 0 Å². The highest BCUT2D eigenvalue weighted by Crippen LogP contribution is 2.11. The number of hydrogen-bond donors (Lipinski definition) is 8. The molecule has 12 heteroatoms. The number of carboxylic acid groups (broad SMARTS) is 4. The molecule has 0 aliphatic heterocycles. The molecule has 0 aliphatic rings. The summed E-state index contributed by atoms with van der Waals surface area (Å²) >= 11 is 0. The van der Waals surface area contributed by atoms with Crippen LogP contribution in [-0.4, -0.2) is 91.2 Å². The molecule has 0 aliphatic carbocycles. The Morgan fingerprint density at radius 3 is 0.545 bits per heavy atom. The largest absolute Gasteiger partial charge is 0.481 e. The number of hydrogen-bond acceptors (Lipinski definition) is 8. The number of aliphatic hydroxyl groups is 4.